The lowest BCUT2D eigenvalue weighted by Crippen LogP contribution is -2.00. The van der Waals surface area contributed by atoms with Crippen molar-refractivity contribution in [3.8, 4) is 0 Å². The van der Waals surface area contributed by atoms with E-state index in [1.54, 1.807) is 0 Å². The van der Waals surface area contributed by atoms with Gasteiger partial charge in [-0.1, -0.05) is 28.1 Å². The molecule has 0 aliphatic heterocycles. The third kappa shape index (κ3) is 3.47. The third-order valence-electron chi connectivity index (χ3n) is 1.95. The summed E-state index contributed by atoms with van der Waals surface area (Å²) < 4.78 is 13.9. The van der Waals surface area contributed by atoms with Crippen LogP contribution in [0.2, 0.25) is 0 Å². The molecule has 0 atom stereocenters. The molecule has 0 heterocycles. The summed E-state index contributed by atoms with van der Waals surface area (Å²) in [6.07, 6.45) is 0.311. The molecule has 0 unspecified atom stereocenters. The van der Waals surface area contributed by atoms with E-state index < -0.39 is 11.8 Å². The van der Waals surface area contributed by atoms with Crippen LogP contribution < -0.4 is 0 Å². The van der Waals surface area contributed by atoms with Gasteiger partial charge in [0, 0.05) is 4.47 Å². The van der Waals surface area contributed by atoms with Crippen molar-refractivity contribution in [2.75, 3.05) is 0 Å². The van der Waals surface area contributed by atoms with Crippen LogP contribution >= 0.6 is 15.9 Å². The van der Waals surface area contributed by atoms with Crippen molar-refractivity contribution in [2.45, 2.75) is 13.3 Å². The molecular weight excluding hydrogens is 263 g/mol. The number of halogens is 2. The predicted octanol–water partition coefficient (Wildman–Crippen LogP) is 3.32. The van der Waals surface area contributed by atoms with Gasteiger partial charge in [0.1, 0.15) is 0 Å². The van der Waals surface area contributed by atoms with Crippen LogP contribution in [0.25, 0.3) is 0 Å². The summed E-state index contributed by atoms with van der Waals surface area (Å²) in [7, 11) is 0. The van der Waals surface area contributed by atoms with Gasteiger partial charge in [0.25, 0.3) is 0 Å². The van der Waals surface area contributed by atoms with Gasteiger partial charge in [-0.15, -0.1) is 0 Å². The Bertz CT molecular complexity index is 396. The zero-order chi connectivity index (χ0) is 11.4. The van der Waals surface area contributed by atoms with Gasteiger partial charge in [-0.3, -0.25) is 0 Å². The van der Waals surface area contributed by atoms with E-state index >= 15 is 0 Å². The van der Waals surface area contributed by atoms with Gasteiger partial charge in [0.05, 0.1) is 0 Å². The second-order valence-corrected chi connectivity index (χ2v) is 4.12. The van der Waals surface area contributed by atoms with E-state index in [1.807, 2.05) is 24.3 Å². The molecule has 2 nitrogen and oxygen atoms in total. The number of carboxylic acids is 1. The van der Waals surface area contributed by atoms with E-state index in [0.29, 0.717) is 6.42 Å². The van der Waals surface area contributed by atoms with Gasteiger partial charge < -0.3 is 5.11 Å². The summed E-state index contributed by atoms with van der Waals surface area (Å²) in [5.41, 5.74) is 1.11. The van der Waals surface area contributed by atoms with E-state index in [0.717, 1.165) is 10.0 Å². The Morgan fingerprint density at radius 1 is 1.40 bits per heavy atom. The van der Waals surface area contributed by atoms with E-state index in [1.165, 1.54) is 6.92 Å². The normalized spacial score (nSPS) is 12.2. The summed E-state index contributed by atoms with van der Waals surface area (Å²) in [5.74, 6) is -2.58. The monoisotopic (exact) mass is 272 g/mol. The first-order chi connectivity index (χ1) is 7.00. The van der Waals surface area contributed by atoms with Crippen molar-refractivity contribution in [1.29, 1.82) is 0 Å². The van der Waals surface area contributed by atoms with Gasteiger partial charge >= 0.3 is 5.97 Å². The van der Waals surface area contributed by atoms with Crippen LogP contribution in [-0.4, -0.2) is 11.1 Å². The minimum absolute atomic E-state index is 0.227. The predicted molar refractivity (Wildman–Crippen MR) is 59.3 cm³/mol. The molecular formula is C11H10BrFO2. The number of carboxylic acid groups (broad SMARTS) is 1. The van der Waals surface area contributed by atoms with Gasteiger partial charge in [-0.2, -0.15) is 4.39 Å². The van der Waals surface area contributed by atoms with Gasteiger partial charge in [0.15, 0.2) is 0 Å². The zero-order valence-electron chi connectivity index (χ0n) is 8.13. The molecule has 4 heteroatoms. The van der Waals surface area contributed by atoms with Crippen molar-refractivity contribution >= 4 is 21.9 Å². The van der Waals surface area contributed by atoms with Crippen molar-refractivity contribution in [2.24, 2.45) is 0 Å². The summed E-state index contributed by atoms with van der Waals surface area (Å²) in [6, 6.07) is 7.31. The van der Waals surface area contributed by atoms with E-state index in [9.17, 15) is 9.18 Å². The second kappa shape index (κ2) is 5.07. The number of allylic oxidation sites excluding steroid dienone is 1. The molecule has 0 fully saturated rings. The number of hydrogen-bond donors (Lipinski definition) is 1. The molecule has 0 aromatic heterocycles. The van der Waals surface area contributed by atoms with Crippen LogP contribution in [0, 0.1) is 0 Å². The summed E-state index contributed by atoms with van der Waals surface area (Å²) in [4.78, 5) is 10.3. The quantitative estimate of drug-likeness (QED) is 0.858. The van der Waals surface area contributed by atoms with Crippen molar-refractivity contribution in [3.05, 3.63) is 45.7 Å². The topological polar surface area (TPSA) is 37.3 Å². The van der Waals surface area contributed by atoms with Gasteiger partial charge in [-0.25, -0.2) is 4.79 Å². The maximum absolute atomic E-state index is 13.0. The highest BCUT2D eigenvalue weighted by Gasteiger charge is 2.10. The number of aliphatic carboxylic acids is 1. The molecule has 0 bridgehead atoms. The highest BCUT2D eigenvalue weighted by atomic mass is 79.9. The fourth-order valence-corrected chi connectivity index (χ4v) is 1.43. The first kappa shape index (κ1) is 11.9. The fraction of sp³-hybridized carbons (Fsp3) is 0.182. The van der Waals surface area contributed by atoms with Crippen molar-refractivity contribution in [1.82, 2.24) is 0 Å². The SMILES string of the molecule is C/C(Cc1ccc(Br)cc1)=C(/F)C(=O)O. The molecule has 0 radical (unpaired) electrons. The summed E-state index contributed by atoms with van der Waals surface area (Å²) >= 11 is 3.28. The molecule has 1 aromatic rings. The Kier molecular flexibility index (Phi) is 4.03. The highest BCUT2D eigenvalue weighted by Crippen LogP contribution is 2.16. The van der Waals surface area contributed by atoms with E-state index in [-0.39, 0.29) is 5.57 Å². The van der Waals surface area contributed by atoms with Gasteiger partial charge in [-0.05, 0) is 36.6 Å². The molecule has 0 amide bonds. The lowest BCUT2D eigenvalue weighted by Gasteiger charge is -2.02. The van der Waals surface area contributed by atoms with Crippen LogP contribution in [0.3, 0.4) is 0 Å². The molecule has 0 aliphatic carbocycles. The molecule has 0 saturated heterocycles. The molecule has 0 aliphatic rings. The Morgan fingerprint density at radius 3 is 2.40 bits per heavy atom. The average molecular weight is 273 g/mol. The smallest absolute Gasteiger partial charge is 0.364 e. The lowest BCUT2D eigenvalue weighted by molar-refractivity contribution is -0.134. The molecule has 1 N–H and O–H groups in total. The van der Waals surface area contributed by atoms with Crippen LogP contribution in [0.1, 0.15) is 12.5 Å². The van der Waals surface area contributed by atoms with Crippen LogP contribution in [0.5, 0.6) is 0 Å². The molecule has 0 spiro atoms. The summed E-state index contributed by atoms with van der Waals surface area (Å²) in [5, 5.41) is 8.43. The summed E-state index contributed by atoms with van der Waals surface area (Å²) in [6.45, 7) is 1.48. The maximum atomic E-state index is 13.0. The third-order valence-corrected chi connectivity index (χ3v) is 2.47. The van der Waals surface area contributed by atoms with Crippen LogP contribution in [0.4, 0.5) is 4.39 Å². The molecule has 80 valence electrons. The standard InChI is InChI=1S/C11H10BrFO2/c1-7(10(13)11(14)15)6-8-2-4-9(12)5-3-8/h2-5H,6H2,1H3,(H,14,15)/b10-7-. The lowest BCUT2D eigenvalue weighted by atomic mass is 10.1. The first-order valence-corrected chi connectivity index (χ1v) is 5.13. The maximum Gasteiger partial charge on any atom is 0.364 e. The van der Waals surface area contributed by atoms with Gasteiger partial charge in [0.2, 0.25) is 5.83 Å². The Balaban J connectivity index is 2.83. The van der Waals surface area contributed by atoms with E-state index in [4.69, 9.17) is 5.11 Å². The Labute approximate surface area is 95.6 Å². The molecule has 15 heavy (non-hydrogen) atoms. The Hall–Kier alpha value is -1.16. The minimum atomic E-state index is -1.51. The highest BCUT2D eigenvalue weighted by molar-refractivity contribution is 9.10. The fourth-order valence-electron chi connectivity index (χ4n) is 1.17. The van der Waals surface area contributed by atoms with Crippen molar-refractivity contribution < 1.29 is 14.3 Å². The number of rotatable bonds is 3. The zero-order valence-corrected chi connectivity index (χ0v) is 9.71. The molecule has 0 saturated carbocycles. The first-order valence-electron chi connectivity index (χ1n) is 4.33. The van der Waals surface area contributed by atoms with E-state index in [2.05, 4.69) is 15.9 Å². The number of benzene rings is 1. The Morgan fingerprint density at radius 2 is 1.93 bits per heavy atom. The molecule has 1 rings (SSSR count). The van der Waals surface area contributed by atoms with Crippen LogP contribution in [-0.2, 0) is 11.2 Å². The number of carbonyl (C=O) groups is 1. The van der Waals surface area contributed by atoms with Crippen LogP contribution in [0.15, 0.2) is 40.1 Å². The largest absolute Gasteiger partial charge is 0.476 e. The average Bonchev–Trinajstić information content (AvgIpc) is 2.20. The molecule has 1 aromatic carbocycles. The second-order valence-electron chi connectivity index (χ2n) is 3.20. The van der Waals surface area contributed by atoms with Crippen molar-refractivity contribution in [3.63, 3.8) is 0 Å². The number of hydrogen-bond acceptors (Lipinski definition) is 1. The minimum Gasteiger partial charge on any atom is -0.476 e.